The molecule has 0 aromatic heterocycles. The standard InChI is InChI=1S/C15H24BrNO/c1-15(2,3)14(18-5)13(17-4)10-11-6-8-12(16)9-7-11/h6-9,13-14,17H,10H2,1-5H3. The summed E-state index contributed by atoms with van der Waals surface area (Å²) in [5.74, 6) is 0. The van der Waals surface area contributed by atoms with Crippen LogP contribution in [0.1, 0.15) is 26.3 Å². The molecule has 0 fully saturated rings. The van der Waals surface area contributed by atoms with Gasteiger partial charge in [0.1, 0.15) is 0 Å². The second-order valence-electron chi connectivity index (χ2n) is 5.75. The lowest BCUT2D eigenvalue weighted by atomic mass is 9.82. The van der Waals surface area contributed by atoms with Crippen molar-refractivity contribution in [1.29, 1.82) is 0 Å². The van der Waals surface area contributed by atoms with Crippen LogP contribution >= 0.6 is 15.9 Å². The van der Waals surface area contributed by atoms with Gasteiger partial charge in [0.2, 0.25) is 0 Å². The smallest absolute Gasteiger partial charge is 0.0775 e. The van der Waals surface area contributed by atoms with Crippen molar-refractivity contribution in [3.63, 3.8) is 0 Å². The molecule has 102 valence electrons. The van der Waals surface area contributed by atoms with Gasteiger partial charge in [-0.05, 0) is 36.6 Å². The summed E-state index contributed by atoms with van der Waals surface area (Å²) in [6.45, 7) is 6.65. The zero-order valence-electron chi connectivity index (χ0n) is 12.0. The largest absolute Gasteiger partial charge is 0.379 e. The highest BCUT2D eigenvalue weighted by atomic mass is 79.9. The Labute approximate surface area is 119 Å². The third-order valence-corrected chi connectivity index (χ3v) is 3.74. The number of nitrogens with one attached hydrogen (secondary N) is 1. The fourth-order valence-electron chi connectivity index (χ4n) is 2.36. The predicted molar refractivity (Wildman–Crippen MR) is 80.9 cm³/mol. The molecule has 2 atom stereocenters. The lowest BCUT2D eigenvalue weighted by molar-refractivity contribution is -0.00921. The van der Waals surface area contributed by atoms with E-state index in [4.69, 9.17) is 4.74 Å². The number of ether oxygens (including phenoxy) is 1. The lowest BCUT2D eigenvalue weighted by Crippen LogP contribution is -2.47. The fraction of sp³-hybridized carbons (Fsp3) is 0.600. The fourth-order valence-corrected chi connectivity index (χ4v) is 2.62. The molecule has 0 aliphatic heterocycles. The van der Waals surface area contributed by atoms with Gasteiger partial charge in [-0.15, -0.1) is 0 Å². The van der Waals surface area contributed by atoms with Crippen molar-refractivity contribution in [3.05, 3.63) is 34.3 Å². The Morgan fingerprint density at radius 3 is 2.17 bits per heavy atom. The van der Waals surface area contributed by atoms with E-state index in [1.54, 1.807) is 7.11 Å². The van der Waals surface area contributed by atoms with E-state index in [1.807, 2.05) is 7.05 Å². The van der Waals surface area contributed by atoms with Crippen molar-refractivity contribution in [3.8, 4) is 0 Å². The van der Waals surface area contributed by atoms with Crippen molar-refractivity contribution in [2.24, 2.45) is 5.41 Å². The number of hydrogen-bond donors (Lipinski definition) is 1. The molecule has 18 heavy (non-hydrogen) atoms. The van der Waals surface area contributed by atoms with Crippen molar-refractivity contribution < 1.29 is 4.74 Å². The lowest BCUT2D eigenvalue weighted by Gasteiger charge is -2.36. The maximum Gasteiger partial charge on any atom is 0.0775 e. The molecule has 0 aliphatic carbocycles. The molecule has 2 unspecified atom stereocenters. The maximum absolute atomic E-state index is 5.69. The van der Waals surface area contributed by atoms with E-state index in [-0.39, 0.29) is 11.5 Å². The molecule has 0 saturated heterocycles. The Morgan fingerprint density at radius 2 is 1.78 bits per heavy atom. The molecule has 0 heterocycles. The number of halogens is 1. The number of benzene rings is 1. The molecule has 2 nitrogen and oxygen atoms in total. The van der Waals surface area contributed by atoms with Crippen molar-refractivity contribution in [2.75, 3.05) is 14.2 Å². The van der Waals surface area contributed by atoms with E-state index in [0.29, 0.717) is 6.04 Å². The summed E-state index contributed by atoms with van der Waals surface area (Å²) >= 11 is 3.46. The second kappa shape index (κ2) is 6.69. The predicted octanol–water partition coefficient (Wildman–Crippen LogP) is 3.64. The van der Waals surface area contributed by atoms with Crippen LogP contribution in [0.4, 0.5) is 0 Å². The molecule has 0 aliphatic rings. The van der Waals surface area contributed by atoms with Gasteiger partial charge in [0.05, 0.1) is 6.10 Å². The van der Waals surface area contributed by atoms with Crippen LogP contribution in [0.25, 0.3) is 0 Å². The Balaban J connectivity index is 2.80. The van der Waals surface area contributed by atoms with Crippen LogP contribution in [-0.4, -0.2) is 26.3 Å². The maximum atomic E-state index is 5.69. The minimum absolute atomic E-state index is 0.123. The first-order valence-electron chi connectivity index (χ1n) is 6.33. The SMILES string of the molecule is CNC(Cc1ccc(Br)cc1)C(OC)C(C)(C)C. The summed E-state index contributed by atoms with van der Waals surface area (Å²) in [7, 11) is 3.79. The summed E-state index contributed by atoms with van der Waals surface area (Å²) in [4.78, 5) is 0. The van der Waals surface area contributed by atoms with Crippen LogP contribution in [0.5, 0.6) is 0 Å². The highest BCUT2D eigenvalue weighted by Gasteiger charge is 2.31. The van der Waals surface area contributed by atoms with Gasteiger partial charge in [0.25, 0.3) is 0 Å². The van der Waals surface area contributed by atoms with Crippen molar-refractivity contribution in [1.82, 2.24) is 5.32 Å². The van der Waals surface area contributed by atoms with E-state index in [2.05, 4.69) is 66.3 Å². The Hall–Kier alpha value is -0.380. The van der Waals surface area contributed by atoms with Crippen LogP contribution in [0, 0.1) is 5.41 Å². The second-order valence-corrected chi connectivity index (χ2v) is 6.66. The van der Waals surface area contributed by atoms with Crippen LogP contribution in [0.3, 0.4) is 0 Å². The first-order valence-corrected chi connectivity index (χ1v) is 7.12. The van der Waals surface area contributed by atoms with Gasteiger partial charge in [-0.3, -0.25) is 0 Å². The molecule has 0 spiro atoms. The third-order valence-electron chi connectivity index (χ3n) is 3.21. The summed E-state index contributed by atoms with van der Waals surface area (Å²) < 4.78 is 6.81. The molecular formula is C15H24BrNO. The number of hydrogen-bond acceptors (Lipinski definition) is 2. The van der Waals surface area contributed by atoms with Crippen LogP contribution in [-0.2, 0) is 11.2 Å². The zero-order valence-corrected chi connectivity index (χ0v) is 13.5. The van der Waals surface area contributed by atoms with Gasteiger partial charge in [-0.25, -0.2) is 0 Å². The molecule has 0 amide bonds. The number of methoxy groups -OCH3 is 1. The molecule has 0 radical (unpaired) electrons. The average Bonchev–Trinajstić information content (AvgIpc) is 2.29. The molecule has 1 rings (SSSR count). The number of likely N-dealkylation sites (N-methyl/N-ethyl adjacent to an activating group) is 1. The average molecular weight is 314 g/mol. The highest BCUT2D eigenvalue weighted by Crippen LogP contribution is 2.26. The molecule has 0 saturated carbocycles. The minimum atomic E-state index is 0.123. The number of rotatable bonds is 5. The van der Waals surface area contributed by atoms with Crippen LogP contribution in [0.2, 0.25) is 0 Å². The Kier molecular flexibility index (Phi) is 5.83. The normalized spacial score (nSPS) is 15.4. The van der Waals surface area contributed by atoms with E-state index in [9.17, 15) is 0 Å². The molecule has 1 aromatic carbocycles. The van der Waals surface area contributed by atoms with Crippen LogP contribution in [0.15, 0.2) is 28.7 Å². The summed E-state index contributed by atoms with van der Waals surface area (Å²) in [5.41, 5.74) is 1.45. The van der Waals surface area contributed by atoms with Gasteiger partial charge in [-0.1, -0.05) is 48.8 Å². The van der Waals surface area contributed by atoms with E-state index >= 15 is 0 Å². The highest BCUT2D eigenvalue weighted by molar-refractivity contribution is 9.10. The summed E-state index contributed by atoms with van der Waals surface area (Å²) in [6.07, 6.45) is 1.16. The Bertz CT molecular complexity index is 356. The van der Waals surface area contributed by atoms with Gasteiger partial charge in [0.15, 0.2) is 0 Å². The zero-order chi connectivity index (χ0) is 13.8. The van der Waals surface area contributed by atoms with Crippen molar-refractivity contribution >= 4 is 15.9 Å². The Morgan fingerprint density at radius 1 is 1.22 bits per heavy atom. The first kappa shape index (κ1) is 15.7. The van der Waals surface area contributed by atoms with Gasteiger partial charge in [0, 0.05) is 17.6 Å². The molecule has 3 heteroatoms. The molecular weight excluding hydrogens is 290 g/mol. The monoisotopic (exact) mass is 313 g/mol. The van der Waals surface area contributed by atoms with Crippen molar-refractivity contribution in [2.45, 2.75) is 39.3 Å². The minimum Gasteiger partial charge on any atom is -0.379 e. The van der Waals surface area contributed by atoms with Gasteiger partial charge >= 0.3 is 0 Å². The quantitative estimate of drug-likeness (QED) is 0.896. The molecule has 0 bridgehead atoms. The third kappa shape index (κ3) is 4.38. The van der Waals surface area contributed by atoms with E-state index < -0.39 is 0 Å². The topological polar surface area (TPSA) is 21.3 Å². The summed E-state index contributed by atoms with van der Waals surface area (Å²) in [5, 5.41) is 3.39. The van der Waals surface area contributed by atoms with Crippen LogP contribution < -0.4 is 5.32 Å². The van der Waals surface area contributed by atoms with Gasteiger partial charge < -0.3 is 10.1 Å². The van der Waals surface area contributed by atoms with Gasteiger partial charge in [-0.2, -0.15) is 0 Å². The molecule has 1 N–H and O–H groups in total. The van der Waals surface area contributed by atoms with E-state index in [0.717, 1.165) is 10.9 Å². The summed E-state index contributed by atoms with van der Waals surface area (Å²) in [6, 6.07) is 8.80. The van der Waals surface area contributed by atoms with E-state index in [1.165, 1.54) is 5.56 Å². The first-order chi connectivity index (χ1) is 8.38. The molecule has 1 aromatic rings.